The summed E-state index contributed by atoms with van der Waals surface area (Å²) in [6.07, 6.45) is -0.836. The van der Waals surface area contributed by atoms with E-state index in [1.807, 2.05) is 6.92 Å². The van der Waals surface area contributed by atoms with E-state index in [1.165, 1.54) is 13.8 Å². The molecule has 228 valence electrons. The van der Waals surface area contributed by atoms with Gasteiger partial charge in [-0.1, -0.05) is 50.6 Å². The van der Waals surface area contributed by atoms with Crippen molar-refractivity contribution in [1.29, 1.82) is 0 Å². The summed E-state index contributed by atoms with van der Waals surface area (Å²) in [5.41, 5.74) is 5.33. The zero-order valence-electron chi connectivity index (χ0n) is 24.7. The van der Waals surface area contributed by atoms with E-state index in [2.05, 4.69) is 21.3 Å². The molecule has 5 atom stereocenters. The summed E-state index contributed by atoms with van der Waals surface area (Å²) < 4.78 is 10.4. The molecule has 0 saturated heterocycles. The molecule has 0 saturated carbocycles. The molecule has 0 heterocycles. The maximum absolute atomic E-state index is 13.1. The highest BCUT2D eigenvalue weighted by Gasteiger charge is 2.31. The van der Waals surface area contributed by atoms with Gasteiger partial charge in [0.2, 0.25) is 23.6 Å². The molecule has 0 radical (unpaired) electrons. The maximum Gasteiger partial charge on any atom is 0.408 e. The van der Waals surface area contributed by atoms with Gasteiger partial charge in [-0.3, -0.25) is 24.0 Å². The Hall–Kier alpha value is -4.16. The molecule has 5 amide bonds. The fourth-order valence-electron chi connectivity index (χ4n) is 3.41. The number of ether oxygens (including phenoxy) is 2. The summed E-state index contributed by atoms with van der Waals surface area (Å²) in [7, 11) is 0. The number of benzene rings is 1. The average molecular weight is 578 g/mol. The fourth-order valence-corrected chi connectivity index (χ4v) is 3.41. The molecule has 0 aromatic heterocycles. The number of hydrogen-bond acceptors (Lipinski definition) is 8. The normalized spacial score (nSPS) is 14.7. The molecule has 0 fully saturated rings. The predicted octanol–water partition coefficient (Wildman–Crippen LogP) is 1.04. The van der Waals surface area contributed by atoms with Crippen LogP contribution in [0.1, 0.15) is 66.9 Å². The zero-order chi connectivity index (χ0) is 31.3. The lowest BCUT2D eigenvalue weighted by atomic mass is 9.98. The van der Waals surface area contributed by atoms with Gasteiger partial charge in [-0.05, 0) is 46.1 Å². The standard InChI is InChI=1S/C28H43N5O8/c1-8-16(2)22(23(29)35)33-25(37)17(3)30-26(38)20(14-21(34)40-15-19-12-10-9-11-13-19)32-24(36)18(4)31-27(39)41-28(5,6)7/h9-13,16-18,20,22H,8,14-15H2,1-7H3,(H2,29,35)(H,30,38)(H,31,39)(H,32,36)(H,33,37)/t16-,17-,18-,20-,22+/m1/s1. The van der Waals surface area contributed by atoms with Crippen LogP contribution in [-0.4, -0.2) is 65.5 Å². The first-order chi connectivity index (χ1) is 19.0. The van der Waals surface area contributed by atoms with E-state index in [0.717, 1.165) is 5.56 Å². The number of nitrogens with one attached hydrogen (secondary N) is 4. The maximum atomic E-state index is 13.1. The minimum atomic E-state index is -1.45. The van der Waals surface area contributed by atoms with Crippen molar-refractivity contribution < 1.29 is 38.2 Å². The number of alkyl carbamates (subject to hydrolysis) is 1. The van der Waals surface area contributed by atoms with Gasteiger partial charge in [0.05, 0.1) is 6.42 Å². The topological polar surface area (TPSA) is 195 Å². The van der Waals surface area contributed by atoms with Crippen molar-refractivity contribution in [3.8, 4) is 0 Å². The lowest BCUT2D eigenvalue weighted by Gasteiger charge is -2.25. The van der Waals surface area contributed by atoms with E-state index < -0.39 is 71.9 Å². The number of nitrogens with two attached hydrogens (primary N) is 1. The number of amides is 5. The lowest BCUT2D eigenvalue weighted by molar-refractivity contribution is -0.147. The molecule has 0 aliphatic carbocycles. The third kappa shape index (κ3) is 13.2. The van der Waals surface area contributed by atoms with E-state index in [1.54, 1.807) is 58.0 Å². The minimum absolute atomic E-state index is 0.0541. The SMILES string of the molecule is CC[C@@H](C)[C@H](NC(=O)[C@@H](C)NC(=O)[C@@H](CC(=O)OCc1ccccc1)NC(=O)[C@@H](C)NC(=O)OC(C)(C)C)C(N)=O. The van der Waals surface area contributed by atoms with Crippen LogP contribution in [0.25, 0.3) is 0 Å². The summed E-state index contributed by atoms with van der Waals surface area (Å²) in [4.78, 5) is 75.1. The van der Waals surface area contributed by atoms with Crippen molar-refractivity contribution >= 4 is 35.7 Å². The van der Waals surface area contributed by atoms with Gasteiger partial charge in [-0.25, -0.2) is 4.79 Å². The molecule has 6 N–H and O–H groups in total. The van der Waals surface area contributed by atoms with Crippen LogP contribution in [0.5, 0.6) is 0 Å². The van der Waals surface area contributed by atoms with Gasteiger partial charge >= 0.3 is 12.1 Å². The number of primary amides is 1. The molecule has 13 heteroatoms. The van der Waals surface area contributed by atoms with Crippen LogP contribution in [-0.2, 0) is 40.1 Å². The Kier molecular flexibility index (Phi) is 13.8. The van der Waals surface area contributed by atoms with E-state index in [0.29, 0.717) is 6.42 Å². The van der Waals surface area contributed by atoms with E-state index in [4.69, 9.17) is 15.2 Å². The number of hydrogen-bond donors (Lipinski definition) is 5. The molecule has 1 aromatic carbocycles. The van der Waals surface area contributed by atoms with E-state index in [9.17, 15) is 28.8 Å². The molecule has 0 aliphatic rings. The van der Waals surface area contributed by atoms with Crippen LogP contribution < -0.4 is 27.0 Å². The molecule has 0 aliphatic heterocycles. The van der Waals surface area contributed by atoms with Crippen molar-refractivity contribution in [2.75, 3.05) is 0 Å². The number of carbonyl (C=O) groups excluding carboxylic acids is 6. The van der Waals surface area contributed by atoms with Crippen LogP contribution in [0, 0.1) is 5.92 Å². The molecule has 1 aromatic rings. The van der Waals surface area contributed by atoms with E-state index >= 15 is 0 Å². The molecular weight excluding hydrogens is 534 g/mol. The van der Waals surface area contributed by atoms with Gasteiger partial charge in [0.15, 0.2) is 0 Å². The van der Waals surface area contributed by atoms with Crippen molar-refractivity contribution in [3.63, 3.8) is 0 Å². The first kappa shape index (κ1) is 34.9. The highest BCUT2D eigenvalue weighted by atomic mass is 16.6. The van der Waals surface area contributed by atoms with Gasteiger partial charge in [-0.2, -0.15) is 0 Å². The van der Waals surface area contributed by atoms with Crippen molar-refractivity contribution in [3.05, 3.63) is 35.9 Å². The second kappa shape index (κ2) is 16.2. The molecule has 0 spiro atoms. The fraction of sp³-hybridized carbons (Fsp3) is 0.571. The Labute approximate surface area is 240 Å². The second-order valence-electron chi connectivity index (χ2n) is 10.8. The summed E-state index contributed by atoms with van der Waals surface area (Å²) in [5, 5.41) is 9.74. The summed E-state index contributed by atoms with van der Waals surface area (Å²) in [5.74, 6) is -4.08. The Morgan fingerprint density at radius 1 is 0.829 bits per heavy atom. The molecule has 13 nitrogen and oxygen atoms in total. The smallest absolute Gasteiger partial charge is 0.408 e. The minimum Gasteiger partial charge on any atom is -0.461 e. The number of esters is 1. The Bertz CT molecular complexity index is 1070. The third-order valence-electron chi connectivity index (χ3n) is 5.94. The highest BCUT2D eigenvalue weighted by molar-refractivity contribution is 5.96. The summed E-state index contributed by atoms with van der Waals surface area (Å²) >= 11 is 0. The molecule has 0 bridgehead atoms. The van der Waals surface area contributed by atoms with Crippen LogP contribution in [0.3, 0.4) is 0 Å². The van der Waals surface area contributed by atoms with Gasteiger partial charge in [0.25, 0.3) is 0 Å². The summed E-state index contributed by atoms with van der Waals surface area (Å²) in [6.45, 7) is 11.2. The first-order valence-corrected chi connectivity index (χ1v) is 13.4. The monoisotopic (exact) mass is 577 g/mol. The Balaban J connectivity index is 2.97. The molecular formula is C28H43N5O8. The quantitative estimate of drug-likeness (QED) is 0.202. The van der Waals surface area contributed by atoms with E-state index in [-0.39, 0.29) is 12.5 Å². The van der Waals surface area contributed by atoms with Crippen LogP contribution >= 0.6 is 0 Å². The van der Waals surface area contributed by atoms with Gasteiger partial charge in [0, 0.05) is 0 Å². The molecule has 0 unspecified atom stereocenters. The van der Waals surface area contributed by atoms with Crippen LogP contribution in [0.2, 0.25) is 0 Å². The first-order valence-electron chi connectivity index (χ1n) is 13.4. The van der Waals surface area contributed by atoms with Crippen molar-refractivity contribution in [2.45, 2.75) is 97.7 Å². The zero-order valence-corrected chi connectivity index (χ0v) is 24.7. The van der Waals surface area contributed by atoms with Gasteiger partial charge < -0.3 is 36.5 Å². The molecule has 1 rings (SSSR count). The van der Waals surface area contributed by atoms with Gasteiger partial charge in [-0.15, -0.1) is 0 Å². The Morgan fingerprint density at radius 3 is 1.93 bits per heavy atom. The number of carbonyl (C=O) groups is 6. The largest absolute Gasteiger partial charge is 0.461 e. The third-order valence-corrected chi connectivity index (χ3v) is 5.94. The van der Waals surface area contributed by atoms with Crippen LogP contribution in [0.4, 0.5) is 4.79 Å². The predicted molar refractivity (Wildman–Crippen MR) is 150 cm³/mol. The Morgan fingerprint density at radius 2 is 1.39 bits per heavy atom. The summed E-state index contributed by atoms with van der Waals surface area (Å²) in [6, 6.07) is 4.17. The highest BCUT2D eigenvalue weighted by Crippen LogP contribution is 2.09. The second-order valence-corrected chi connectivity index (χ2v) is 10.8. The average Bonchev–Trinajstić information content (AvgIpc) is 2.88. The number of rotatable bonds is 14. The molecule has 41 heavy (non-hydrogen) atoms. The van der Waals surface area contributed by atoms with Crippen LogP contribution in [0.15, 0.2) is 30.3 Å². The van der Waals surface area contributed by atoms with Gasteiger partial charge in [0.1, 0.15) is 36.4 Å². The lowest BCUT2D eigenvalue weighted by Crippen LogP contribution is -2.58. The van der Waals surface area contributed by atoms with Crippen molar-refractivity contribution in [2.24, 2.45) is 11.7 Å². The van der Waals surface area contributed by atoms with Crippen molar-refractivity contribution in [1.82, 2.24) is 21.3 Å².